The van der Waals surface area contributed by atoms with Crippen molar-refractivity contribution in [3.63, 3.8) is 0 Å². The number of rotatable bonds is 3. The van der Waals surface area contributed by atoms with Gasteiger partial charge in [-0.2, -0.15) is 0 Å². The Morgan fingerprint density at radius 1 is 1.50 bits per heavy atom. The molecular weight excluding hydrogens is 160 g/mol. The van der Waals surface area contributed by atoms with Gasteiger partial charge in [0, 0.05) is 13.6 Å². The van der Waals surface area contributed by atoms with E-state index in [9.17, 15) is 9.59 Å². The summed E-state index contributed by atoms with van der Waals surface area (Å²) in [6.07, 6.45) is 0. The highest BCUT2D eigenvalue weighted by molar-refractivity contribution is 5.80. The highest BCUT2D eigenvalue weighted by atomic mass is 16.5. The summed E-state index contributed by atoms with van der Waals surface area (Å²) in [6, 6.07) is -0.275. The molecular formula is C7H14N2O3. The van der Waals surface area contributed by atoms with Crippen LogP contribution in [-0.4, -0.2) is 44.1 Å². The van der Waals surface area contributed by atoms with Gasteiger partial charge < -0.3 is 15.0 Å². The van der Waals surface area contributed by atoms with E-state index in [1.165, 1.54) is 19.1 Å². The zero-order valence-corrected chi connectivity index (χ0v) is 7.59. The molecule has 2 amide bonds. The SMILES string of the molecule is CCNC(=O)N(C)CC(=O)OC. The third-order valence-electron chi connectivity index (χ3n) is 1.27. The number of carbonyl (C=O) groups excluding carboxylic acids is 2. The largest absolute Gasteiger partial charge is 0.468 e. The summed E-state index contributed by atoms with van der Waals surface area (Å²) in [5, 5.41) is 2.55. The first-order valence-corrected chi connectivity index (χ1v) is 3.67. The van der Waals surface area contributed by atoms with Gasteiger partial charge >= 0.3 is 12.0 Å². The van der Waals surface area contributed by atoms with Crippen LogP contribution in [0.1, 0.15) is 6.92 Å². The van der Waals surface area contributed by atoms with Gasteiger partial charge in [0.05, 0.1) is 7.11 Å². The molecule has 1 N–H and O–H groups in total. The van der Waals surface area contributed by atoms with Gasteiger partial charge in [-0.05, 0) is 6.92 Å². The number of nitrogens with one attached hydrogen (secondary N) is 1. The second kappa shape index (κ2) is 5.40. The van der Waals surface area contributed by atoms with Gasteiger partial charge in [-0.3, -0.25) is 4.79 Å². The number of urea groups is 1. The molecule has 0 rings (SSSR count). The van der Waals surface area contributed by atoms with Gasteiger partial charge in [-0.15, -0.1) is 0 Å². The van der Waals surface area contributed by atoms with Crippen molar-refractivity contribution in [3.8, 4) is 0 Å². The molecule has 0 aliphatic heterocycles. The van der Waals surface area contributed by atoms with Crippen molar-refractivity contribution in [2.24, 2.45) is 0 Å². The molecule has 0 heterocycles. The number of ether oxygens (including phenoxy) is 1. The van der Waals surface area contributed by atoms with Gasteiger partial charge in [-0.1, -0.05) is 0 Å². The highest BCUT2D eigenvalue weighted by Crippen LogP contribution is 1.85. The molecule has 0 bridgehead atoms. The van der Waals surface area contributed by atoms with Crippen LogP contribution in [-0.2, 0) is 9.53 Å². The summed E-state index contributed by atoms with van der Waals surface area (Å²) >= 11 is 0. The van der Waals surface area contributed by atoms with Gasteiger partial charge in [0.2, 0.25) is 0 Å². The Morgan fingerprint density at radius 2 is 2.08 bits per heavy atom. The Hall–Kier alpha value is -1.26. The summed E-state index contributed by atoms with van der Waals surface area (Å²) in [5.74, 6) is -0.427. The van der Waals surface area contributed by atoms with Gasteiger partial charge in [0.25, 0.3) is 0 Å². The van der Waals surface area contributed by atoms with Crippen LogP contribution >= 0.6 is 0 Å². The Morgan fingerprint density at radius 3 is 2.50 bits per heavy atom. The predicted octanol–water partition coefficient (Wildman–Crippen LogP) is -0.179. The van der Waals surface area contributed by atoms with Gasteiger partial charge in [-0.25, -0.2) is 4.79 Å². The van der Waals surface area contributed by atoms with E-state index in [1.807, 2.05) is 6.92 Å². The first-order chi connectivity index (χ1) is 5.61. The molecule has 0 aromatic heterocycles. The van der Waals surface area contributed by atoms with Crippen LogP contribution in [0.25, 0.3) is 0 Å². The molecule has 0 saturated heterocycles. The van der Waals surface area contributed by atoms with E-state index in [2.05, 4.69) is 10.1 Å². The maximum absolute atomic E-state index is 11.0. The molecule has 0 aliphatic rings. The van der Waals surface area contributed by atoms with Crippen molar-refractivity contribution in [2.75, 3.05) is 27.2 Å². The molecule has 12 heavy (non-hydrogen) atoms. The third kappa shape index (κ3) is 3.80. The molecule has 70 valence electrons. The van der Waals surface area contributed by atoms with E-state index in [0.717, 1.165) is 0 Å². The van der Waals surface area contributed by atoms with Crippen LogP contribution in [0.3, 0.4) is 0 Å². The molecule has 5 heteroatoms. The van der Waals surface area contributed by atoms with E-state index in [-0.39, 0.29) is 12.6 Å². The maximum atomic E-state index is 11.0. The smallest absolute Gasteiger partial charge is 0.325 e. The molecule has 0 aliphatic carbocycles. The van der Waals surface area contributed by atoms with E-state index >= 15 is 0 Å². The molecule has 0 aromatic rings. The van der Waals surface area contributed by atoms with E-state index in [0.29, 0.717) is 6.54 Å². The Labute approximate surface area is 71.7 Å². The van der Waals surface area contributed by atoms with Gasteiger partial charge in [0.15, 0.2) is 0 Å². The van der Waals surface area contributed by atoms with E-state index in [1.54, 1.807) is 0 Å². The fourth-order valence-electron chi connectivity index (χ4n) is 0.616. The Balaban J connectivity index is 3.78. The molecule has 0 aromatic carbocycles. The summed E-state index contributed by atoms with van der Waals surface area (Å²) in [7, 11) is 2.82. The topological polar surface area (TPSA) is 58.6 Å². The lowest BCUT2D eigenvalue weighted by atomic mass is 10.6. The first kappa shape index (κ1) is 10.7. The summed E-state index contributed by atoms with van der Waals surface area (Å²) in [5.41, 5.74) is 0. The number of likely N-dealkylation sites (N-methyl/N-ethyl adjacent to an activating group) is 1. The van der Waals surface area contributed by atoms with Crippen molar-refractivity contribution in [1.29, 1.82) is 0 Å². The van der Waals surface area contributed by atoms with Crippen LogP contribution in [0, 0.1) is 0 Å². The summed E-state index contributed by atoms with van der Waals surface area (Å²) in [4.78, 5) is 22.9. The van der Waals surface area contributed by atoms with Crippen molar-refractivity contribution >= 4 is 12.0 Å². The van der Waals surface area contributed by atoms with Gasteiger partial charge in [0.1, 0.15) is 6.54 Å². The van der Waals surface area contributed by atoms with Crippen molar-refractivity contribution in [3.05, 3.63) is 0 Å². The van der Waals surface area contributed by atoms with Crippen LogP contribution in [0.5, 0.6) is 0 Å². The normalized spacial score (nSPS) is 8.92. The third-order valence-corrected chi connectivity index (χ3v) is 1.27. The van der Waals surface area contributed by atoms with Crippen molar-refractivity contribution in [1.82, 2.24) is 10.2 Å². The minimum Gasteiger partial charge on any atom is -0.468 e. The minimum absolute atomic E-state index is 0.0255. The Bertz CT molecular complexity index is 170. The molecule has 0 radical (unpaired) electrons. The second-order valence-electron chi connectivity index (χ2n) is 2.27. The molecule has 0 fully saturated rings. The zero-order valence-electron chi connectivity index (χ0n) is 7.59. The number of methoxy groups -OCH3 is 1. The molecule has 0 saturated carbocycles. The van der Waals surface area contributed by atoms with E-state index in [4.69, 9.17) is 0 Å². The zero-order chi connectivity index (χ0) is 9.56. The lowest BCUT2D eigenvalue weighted by Gasteiger charge is -2.15. The van der Waals surface area contributed by atoms with Crippen LogP contribution in [0.4, 0.5) is 4.79 Å². The lowest BCUT2D eigenvalue weighted by Crippen LogP contribution is -2.40. The number of amides is 2. The van der Waals surface area contributed by atoms with E-state index < -0.39 is 5.97 Å². The molecule has 0 atom stereocenters. The van der Waals surface area contributed by atoms with Crippen LogP contribution in [0.2, 0.25) is 0 Å². The second-order valence-corrected chi connectivity index (χ2v) is 2.27. The average Bonchev–Trinajstić information content (AvgIpc) is 2.04. The minimum atomic E-state index is -0.427. The van der Waals surface area contributed by atoms with Crippen molar-refractivity contribution < 1.29 is 14.3 Å². The molecule has 5 nitrogen and oxygen atoms in total. The quantitative estimate of drug-likeness (QED) is 0.604. The standard InChI is InChI=1S/C7H14N2O3/c1-4-8-7(11)9(2)5-6(10)12-3/h4-5H2,1-3H3,(H,8,11). The average molecular weight is 174 g/mol. The first-order valence-electron chi connectivity index (χ1n) is 3.67. The monoisotopic (exact) mass is 174 g/mol. The van der Waals surface area contributed by atoms with Crippen LogP contribution in [0.15, 0.2) is 0 Å². The fraction of sp³-hybridized carbons (Fsp3) is 0.714. The number of esters is 1. The molecule has 0 spiro atoms. The summed E-state index contributed by atoms with van der Waals surface area (Å²) < 4.78 is 4.39. The predicted molar refractivity (Wildman–Crippen MR) is 43.7 cm³/mol. The summed E-state index contributed by atoms with van der Waals surface area (Å²) in [6.45, 7) is 2.33. The Kier molecular flexibility index (Phi) is 4.83. The number of carbonyl (C=O) groups is 2. The highest BCUT2D eigenvalue weighted by Gasteiger charge is 2.10. The van der Waals surface area contributed by atoms with Crippen molar-refractivity contribution in [2.45, 2.75) is 6.92 Å². The number of hydrogen-bond donors (Lipinski definition) is 1. The number of nitrogens with zero attached hydrogens (tertiary/aromatic N) is 1. The fourth-order valence-corrected chi connectivity index (χ4v) is 0.616. The van der Waals surface area contributed by atoms with Crippen LogP contribution < -0.4 is 5.32 Å². The maximum Gasteiger partial charge on any atom is 0.325 e. The number of hydrogen-bond acceptors (Lipinski definition) is 3. The molecule has 0 unspecified atom stereocenters. The lowest BCUT2D eigenvalue weighted by molar-refractivity contribution is -0.140.